The molecule has 2 rings (SSSR count). The summed E-state index contributed by atoms with van der Waals surface area (Å²) in [5.41, 5.74) is 0.836. The fourth-order valence-electron chi connectivity index (χ4n) is 1.80. The van der Waals surface area contributed by atoms with Gasteiger partial charge in [-0.3, -0.25) is 5.32 Å². The third-order valence-electron chi connectivity index (χ3n) is 2.79. The van der Waals surface area contributed by atoms with Crippen molar-refractivity contribution in [1.82, 2.24) is 10.3 Å². The lowest BCUT2D eigenvalue weighted by atomic mass is 10.1. The van der Waals surface area contributed by atoms with Crippen LogP contribution in [0.1, 0.15) is 5.56 Å². The molecule has 0 aliphatic carbocycles. The number of hydrogen-bond donors (Lipinski definition) is 3. The van der Waals surface area contributed by atoms with Crippen LogP contribution >= 0.6 is 0 Å². The summed E-state index contributed by atoms with van der Waals surface area (Å²) in [5, 5.41) is 14.1. The summed E-state index contributed by atoms with van der Waals surface area (Å²) in [4.78, 5) is 27.0. The Morgan fingerprint density at radius 1 is 1.10 bits per heavy atom. The SMILES string of the molecule is O=C(Nc1ccccn1)NC(Cc1ccccc1)C(=O)O. The van der Waals surface area contributed by atoms with Crippen LogP contribution in [-0.2, 0) is 11.2 Å². The lowest BCUT2D eigenvalue weighted by molar-refractivity contribution is -0.139. The first-order chi connectivity index (χ1) is 10.1. The van der Waals surface area contributed by atoms with Gasteiger partial charge in [-0.05, 0) is 17.7 Å². The molecule has 1 unspecified atom stereocenters. The highest BCUT2D eigenvalue weighted by Crippen LogP contribution is 2.04. The summed E-state index contributed by atoms with van der Waals surface area (Å²) in [6, 6.07) is 12.6. The van der Waals surface area contributed by atoms with Crippen molar-refractivity contribution in [3.63, 3.8) is 0 Å². The molecule has 6 heteroatoms. The van der Waals surface area contributed by atoms with Gasteiger partial charge in [0.15, 0.2) is 0 Å². The van der Waals surface area contributed by atoms with E-state index < -0.39 is 18.0 Å². The lowest BCUT2D eigenvalue weighted by Gasteiger charge is -2.15. The van der Waals surface area contributed by atoms with Crippen LogP contribution in [0.15, 0.2) is 54.7 Å². The fourth-order valence-corrected chi connectivity index (χ4v) is 1.80. The topological polar surface area (TPSA) is 91.3 Å². The van der Waals surface area contributed by atoms with Gasteiger partial charge in [0.1, 0.15) is 11.9 Å². The predicted molar refractivity (Wildman–Crippen MR) is 78.0 cm³/mol. The number of nitrogens with zero attached hydrogens (tertiary/aromatic N) is 1. The van der Waals surface area contributed by atoms with Crippen LogP contribution in [0.25, 0.3) is 0 Å². The molecule has 108 valence electrons. The Labute approximate surface area is 121 Å². The summed E-state index contributed by atoms with van der Waals surface area (Å²) in [5.74, 6) is -0.728. The van der Waals surface area contributed by atoms with Crippen molar-refractivity contribution in [2.75, 3.05) is 5.32 Å². The number of benzene rings is 1. The molecular formula is C15H15N3O3. The zero-order valence-corrected chi connectivity index (χ0v) is 11.2. The highest BCUT2D eigenvalue weighted by molar-refractivity contribution is 5.91. The van der Waals surface area contributed by atoms with E-state index in [0.717, 1.165) is 5.56 Å². The molecule has 0 bridgehead atoms. The van der Waals surface area contributed by atoms with E-state index in [1.54, 1.807) is 18.2 Å². The first kappa shape index (κ1) is 14.5. The van der Waals surface area contributed by atoms with Gasteiger partial charge < -0.3 is 10.4 Å². The lowest BCUT2D eigenvalue weighted by Crippen LogP contribution is -2.44. The number of anilines is 1. The van der Waals surface area contributed by atoms with Crippen molar-refractivity contribution in [3.8, 4) is 0 Å². The van der Waals surface area contributed by atoms with Crippen molar-refractivity contribution in [1.29, 1.82) is 0 Å². The van der Waals surface area contributed by atoms with Crippen molar-refractivity contribution < 1.29 is 14.7 Å². The van der Waals surface area contributed by atoms with Gasteiger partial charge in [-0.2, -0.15) is 0 Å². The summed E-state index contributed by atoms with van der Waals surface area (Å²) in [6.07, 6.45) is 1.75. The molecule has 0 radical (unpaired) electrons. The molecule has 0 aliphatic rings. The molecule has 1 heterocycles. The fraction of sp³-hybridized carbons (Fsp3) is 0.133. The van der Waals surface area contributed by atoms with Crippen LogP contribution in [0.2, 0.25) is 0 Å². The molecule has 6 nitrogen and oxygen atoms in total. The number of hydrogen-bond acceptors (Lipinski definition) is 3. The van der Waals surface area contributed by atoms with E-state index in [2.05, 4.69) is 15.6 Å². The number of urea groups is 1. The van der Waals surface area contributed by atoms with Crippen LogP contribution in [0, 0.1) is 0 Å². The standard InChI is InChI=1S/C15H15N3O3/c19-14(20)12(10-11-6-2-1-3-7-11)17-15(21)18-13-8-4-5-9-16-13/h1-9,12H,10H2,(H,19,20)(H2,16,17,18,21). The molecule has 0 saturated heterocycles. The molecule has 2 amide bonds. The second kappa shape index (κ2) is 7.04. The quantitative estimate of drug-likeness (QED) is 0.782. The zero-order chi connectivity index (χ0) is 15.1. The molecule has 21 heavy (non-hydrogen) atoms. The van der Waals surface area contributed by atoms with E-state index in [-0.39, 0.29) is 6.42 Å². The molecule has 0 saturated carbocycles. The summed E-state index contributed by atoms with van der Waals surface area (Å²) < 4.78 is 0. The molecule has 1 aromatic carbocycles. The minimum Gasteiger partial charge on any atom is -0.480 e. The molecule has 0 fully saturated rings. The monoisotopic (exact) mass is 285 g/mol. The van der Waals surface area contributed by atoms with Crippen LogP contribution in [0.3, 0.4) is 0 Å². The molecular weight excluding hydrogens is 270 g/mol. The van der Waals surface area contributed by atoms with Crippen molar-refractivity contribution in [3.05, 3.63) is 60.3 Å². The number of amides is 2. The first-order valence-corrected chi connectivity index (χ1v) is 6.40. The zero-order valence-electron chi connectivity index (χ0n) is 11.2. The van der Waals surface area contributed by atoms with Gasteiger partial charge in [0.05, 0.1) is 0 Å². The average molecular weight is 285 g/mol. The third-order valence-corrected chi connectivity index (χ3v) is 2.79. The van der Waals surface area contributed by atoms with E-state index >= 15 is 0 Å². The largest absolute Gasteiger partial charge is 0.480 e. The number of pyridine rings is 1. The Morgan fingerprint density at radius 2 is 1.81 bits per heavy atom. The smallest absolute Gasteiger partial charge is 0.326 e. The maximum absolute atomic E-state index is 11.8. The number of carbonyl (C=O) groups is 2. The van der Waals surface area contributed by atoms with Crippen LogP contribution in [0.4, 0.5) is 10.6 Å². The number of rotatable bonds is 5. The van der Waals surface area contributed by atoms with Gasteiger partial charge in [-0.15, -0.1) is 0 Å². The highest BCUT2D eigenvalue weighted by atomic mass is 16.4. The Morgan fingerprint density at radius 3 is 2.43 bits per heavy atom. The number of carbonyl (C=O) groups excluding carboxylic acids is 1. The molecule has 1 aromatic heterocycles. The predicted octanol–water partition coefficient (Wildman–Crippen LogP) is 1.90. The van der Waals surface area contributed by atoms with Crippen molar-refractivity contribution in [2.45, 2.75) is 12.5 Å². The van der Waals surface area contributed by atoms with Crippen molar-refractivity contribution >= 4 is 17.8 Å². The maximum Gasteiger partial charge on any atom is 0.326 e. The van der Waals surface area contributed by atoms with Gasteiger partial charge in [-0.25, -0.2) is 14.6 Å². The summed E-state index contributed by atoms with van der Waals surface area (Å²) in [7, 11) is 0. The molecule has 3 N–H and O–H groups in total. The molecule has 0 spiro atoms. The number of carboxylic acid groups (broad SMARTS) is 1. The minimum atomic E-state index is -1.09. The van der Waals surface area contributed by atoms with Gasteiger partial charge in [0, 0.05) is 12.6 Å². The number of nitrogens with one attached hydrogen (secondary N) is 2. The first-order valence-electron chi connectivity index (χ1n) is 6.40. The van der Waals surface area contributed by atoms with E-state index in [9.17, 15) is 14.7 Å². The van der Waals surface area contributed by atoms with Crippen LogP contribution < -0.4 is 10.6 Å². The number of aromatic nitrogens is 1. The normalized spacial score (nSPS) is 11.4. The average Bonchev–Trinajstić information content (AvgIpc) is 2.48. The third kappa shape index (κ3) is 4.61. The van der Waals surface area contributed by atoms with Gasteiger partial charge in [0.2, 0.25) is 0 Å². The Balaban J connectivity index is 1.96. The molecule has 1 atom stereocenters. The summed E-state index contributed by atoms with van der Waals surface area (Å²) in [6.45, 7) is 0. The second-order valence-electron chi connectivity index (χ2n) is 4.39. The minimum absolute atomic E-state index is 0.214. The second-order valence-corrected chi connectivity index (χ2v) is 4.39. The Bertz CT molecular complexity index is 602. The Kier molecular flexibility index (Phi) is 4.87. The number of aliphatic carboxylic acids is 1. The van der Waals surface area contributed by atoms with Crippen LogP contribution in [0.5, 0.6) is 0 Å². The summed E-state index contributed by atoms with van der Waals surface area (Å²) >= 11 is 0. The van der Waals surface area contributed by atoms with Crippen LogP contribution in [-0.4, -0.2) is 28.1 Å². The molecule has 2 aromatic rings. The molecule has 0 aliphatic heterocycles. The highest BCUT2D eigenvalue weighted by Gasteiger charge is 2.20. The van der Waals surface area contributed by atoms with E-state index in [1.807, 2.05) is 30.3 Å². The Hall–Kier alpha value is -2.89. The van der Waals surface area contributed by atoms with E-state index in [4.69, 9.17) is 0 Å². The van der Waals surface area contributed by atoms with Gasteiger partial charge >= 0.3 is 12.0 Å². The van der Waals surface area contributed by atoms with Gasteiger partial charge in [-0.1, -0.05) is 36.4 Å². The maximum atomic E-state index is 11.8. The van der Waals surface area contributed by atoms with Gasteiger partial charge in [0.25, 0.3) is 0 Å². The van der Waals surface area contributed by atoms with E-state index in [0.29, 0.717) is 5.82 Å². The van der Waals surface area contributed by atoms with E-state index in [1.165, 1.54) is 6.20 Å². The van der Waals surface area contributed by atoms with Crippen molar-refractivity contribution in [2.24, 2.45) is 0 Å². The number of carboxylic acids is 1.